The molecular weight excluding hydrogens is 390 g/mol. The van der Waals surface area contributed by atoms with Crippen molar-refractivity contribution in [3.05, 3.63) is 54.1 Å². The van der Waals surface area contributed by atoms with Crippen molar-refractivity contribution in [1.82, 2.24) is 0 Å². The molecule has 0 saturated carbocycles. The van der Waals surface area contributed by atoms with Crippen LogP contribution in [0.15, 0.2) is 48.5 Å². The maximum Gasteiger partial charge on any atom is 0.245 e. The third kappa shape index (κ3) is 5.48. The van der Waals surface area contributed by atoms with E-state index in [-0.39, 0.29) is 12.5 Å². The summed E-state index contributed by atoms with van der Waals surface area (Å²) in [5, 5.41) is 2.79. The second kappa shape index (κ2) is 9.28. The van der Waals surface area contributed by atoms with Gasteiger partial charge < -0.3 is 15.0 Å². The number of hydrogen-bond donors (Lipinski definition) is 1. The molecule has 0 unspecified atom stereocenters. The molecule has 0 spiro atoms. The molecule has 0 aromatic heterocycles. The van der Waals surface area contributed by atoms with Gasteiger partial charge in [-0.05, 0) is 42.3 Å². The predicted octanol–water partition coefficient (Wildman–Crippen LogP) is 2.49. The van der Waals surface area contributed by atoms with Crippen LogP contribution >= 0.6 is 0 Å². The first-order valence-corrected chi connectivity index (χ1v) is 11.5. The molecule has 1 aliphatic rings. The van der Waals surface area contributed by atoms with Crippen molar-refractivity contribution in [3.63, 3.8) is 0 Å². The average Bonchev–Trinajstić information content (AvgIpc) is 2.72. The molecular formula is C21H27N3O4S. The van der Waals surface area contributed by atoms with E-state index < -0.39 is 10.0 Å². The van der Waals surface area contributed by atoms with Gasteiger partial charge in [0, 0.05) is 24.5 Å². The largest absolute Gasteiger partial charge is 0.378 e. The van der Waals surface area contributed by atoms with E-state index in [1.165, 1.54) is 0 Å². The van der Waals surface area contributed by atoms with E-state index in [1.54, 1.807) is 12.1 Å². The highest BCUT2D eigenvalue weighted by Gasteiger charge is 2.22. The Balaban J connectivity index is 1.70. The first-order chi connectivity index (χ1) is 13.9. The van der Waals surface area contributed by atoms with Crippen molar-refractivity contribution in [2.75, 3.05) is 53.6 Å². The Morgan fingerprint density at radius 2 is 1.76 bits per heavy atom. The van der Waals surface area contributed by atoms with E-state index in [1.807, 2.05) is 43.3 Å². The van der Waals surface area contributed by atoms with Crippen LogP contribution in [0.1, 0.15) is 12.5 Å². The summed E-state index contributed by atoms with van der Waals surface area (Å²) in [5.74, 6) is -0.388. The number of sulfonamides is 1. The number of anilines is 3. The minimum atomic E-state index is -3.61. The molecule has 0 aliphatic carbocycles. The van der Waals surface area contributed by atoms with Crippen molar-refractivity contribution in [2.45, 2.75) is 13.3 Å². The molecule has 1 fully saturated rings. The van der Waals surface area contributed by atoms with Crippen LogP contribution < -0.4 is 14.5 Å². The van der Waals surface area contributed by atoms with E-state index in [9.17, 15) is 13.2 Å². The Labute approximate surface area is 172 Å². The molecule has 2 aromatic carbocycles. The fourth-order valence-corrected chi connectivity index (χ4v) is 4.23. The summed E-state index contributed by atoms with van der Waals surface area (Å²) in [4.78, 5) is 14.8. The normalized spacial score (nSPS) is 14.5. The number of nitrogens with one attached hydrogen (secondary N) is 1. The summed E-state index contributed by atoms with van der Waals surface area (Å²) in [6, 6.07) is 14.8. The fraction of sp³-hybridized carbons (Fsp3) is 0.381. The van der Waals surface area contributed by atoms with Gasteiger partial charge in [-0.15, -0.1) is 0 Å². The van der Waals surface area contributed by atoms with Gasteiger partial charge in [0.1, 0.15) is 6.54 Å². The highest BCUT2D eigenvalue weighted by Crippen LogP contribution is 2.24. The number of nitrogens with zero attached hydrogens (tertiary/aromatic N) is 2. The molecule has 1 heterocycles. The van der Waals surface area contributed by atoms with Crippen molar-refractivity contribution >= 4 is 33.0 Å². The van der Waals surface area contributed by atoms with E-state index in [2.05, 4.69) is 10.2 Å². The van der Waals surface area contributed by atoms with E-state index in [0.29, 0.717) is 31.0 Å². The lowest BCUT2D eigenvalue weighted by Crippen LogP contribution is -2.38. The highest BCUT2D eigenvalue weighted by molar-refractivity contribution is 7.92. The molecule has 0 bridgehead atoms. The second-order valence-corrected chi connectivity index (χ2v) is 8.85. The Kier molecular flexibility index (Phi) is 6.76. The van der Waals surface area contributed by atoms with Crippen molar-refractivity contribution in [2.24, 2.45) is 0 Å². The molecule has 1 amide bonds. The molecule has 1 aliphatic heterocycles. The SMILES string of the molecule is CCc1ccccc1N(CC(=O)Nc1ccc(N2CCOCC2)cc1)S(C)(=O)=O. The quantitative estimate of drug-likeness (QED) is 0.749. The number of rotatable bonds is 7. The lowest BCUT2D eigenvalue weighted by Gasteiger charge is -2.29. The summed E-state index contributed by atoms with van der Waals surface area (Å²) < 4.78 is 31.2. The molecule has 156 valence electrons. The predicted molar refractivity (Wildman–Crippen MR) is 116 cm³/mol. The summed E-state index contributed by atoms with van der Waals surface area (Å²) in [7, 11) is -3.61. The van der Waals surface area contributed by atoms with Gasteiger partial charge in [-0.1, -0.05) is 25.1 Å². The van der Waals surface area contributed by atoms with Crippen LogP contribution in [0.3, 0.4) is 0 Å². The number of para-hydroxylation sites is 1. The summed E-state index contributed by atoms with van der Waals surface area (Å²) in [6.07, 6.45) is 1.79. The number of amides is 1. The van der Waals surface area contributed by atoms with Gasteiger partial charge in [0.15, 0.2) is 0 Å². The summed E-state index contributed by atoms with van der Waals surface area (Å²) >= 11 is 0. The Morgan fingerprint density at radius 1 is 1.10 bits per heavy atom. The van der Waals surface area contributed by atoms with Gasteiger partial charge in [0.25, 0.3) is 0 Å². The van der Waals surface area contributed by atoms with Crippen LogP contribution in [0.2, 0.25) is 0 Å². The number of hydrogen-bond acceptors (Lipinski definition) is 5. The number of carbonyl (C=O) groups is 1. The maximum atomic E-state index is 12.6. The minimum Gasteiger partial charge on any atom is -0.378 e. The molecule has 0 atom stereocenters. The van der Waals surface area contributed by atoms with Crippen molar-refractivity contribution in [1.29, 1.82) is 0 Å². The third-order valence-electron chi connectivity index (χ3n) is 4.86. The molecule has 2 aromatic rings. The van der Waals surface area contributed by atoms with E-state index >= 15 is 0 Å². The van der Waals surface area contributed by atoms with E-state index in [0.717, 1.165) is 34.9 Å². The maximum absolute atomic E-state index is 12.6. The zero-order valence-corrected chi connectivity index (χ0v) is 17.6. The number of carbonyl (C=O) groups excluding carboxylic acids is 1. The first kappa shape index (κ1) is 21.1. The Bertz CT molecular complexity index is 939. The molecule has 7 nitrogen and oxygen atoms in total. The molecule has 1 N–H and O–H groups in total. The zero-order valence-electron chi connectivity index (χ0n) is 16.8. The van der Waals surface area contributed by atoms with Crippen molar-refractivity contribution < 1.29 is 17.9 Å². The number of ether oxygens (including phenoxy) is 1. The van der Waals surface area contributed by atoms with Crippen LogP contribution in [0.4, 0.5) is 17.1 Å². The number of morpholine rings is 1. The number of aryl methyl sites for hydroxylation is 1. The average molecular weight is 418 g/mol. The molecule has 3 rings (SSSR count). The van der Waals surface area contributed by atoms with Crippen molar-refractivity contribution in [3.8, 4) is 0 Å². The van der Waals surface area contributed by atoms with Crippen LogP contribution in [-0.2, 0) is 26.0 Å². The molecule has 8 heteroatoms. The topological polar surface area (TPSA) is 79.0 Å². The van der Waals surface area contributed by atoms with Gasteiger partial charge >= 0.3 is 0 Å². The van der Waals surface area contributed by atoms with Crippen LogP contribution in [0.25, 0.3) is 0 Å². The van der Waals surface area contributed by atoms with E-state index in [4.69, 9.17) is 4.74 Å². The number of benzene rings is 2. The smallest absolute Gasteiger partial charge is 0.245 e. The monoisotopic (exact) mass is 417 g/mol. The highest BCUT2D eigenvalue weighted by atomic mass is 32.2. The van der Waals surface area contributed by atoms with Gasteiger partial charge in [0.2, 0.25) is 15.9 Å². The Morgan fingerprint density at radius 3 is 2.38 bits per heavy atom. The third-order valence-corrected chi connectivity index (χ3v) is 5.98. The summed E-state index contributed by atoms with van der Waals surface area (Å²) in [6.45, 7) is 4.77. The van der Waals surface area contributed by atoms with Crippen LogP contribution in [0, 0.1) is 0 Å². The lowest BCUT2D eigenvalue weighted by atomic mass is 10.1. The lowest BCUT2D eigenvalue weighted by molar-refractivity contribution is -0.114. The molecule has 1 saturated heterocycles. The molecule has 0 radical (unpaired) electrons. The standard InChI is InChI=1S/C21H27N3O4S/c1-3-17-6-4-5-7-20(17)24(29(2,26)27)16-21(25)22-18-8-10-19(11-9-18)23-12-14-28-15-13-23/h4-11H,3,12-16H2,1-2H3,(H,22,25). The van der Waals surface area contributed by atoms with Gasteiger partial charge in [0.05, 0.1) is 25.2 Å². The summed E-state index contributed by atoms with van der Waals surface area (Å²) in [5.41, 5.74) is 3.11. The molecule has 29 heavy (non-hydrogen) atoms. The Hall–Kier alpha value is -2.58. The first-order valence-electron chi connectivity index (χ1n) is 9.66. The van der Waals surface area contributed by atoms with Crippen LogP contribution in [-0.4, -0.2) is 53.4 Å². The van der Waals surface area contributed by atoms with Gasteiger partial charge in [-0.25, -0.2) is 8.42 Å². The van der Waals surface area contributed by atoms with Crippen LogP contribution in [0.5, 0.6) is 0 Å². The van der Waals surface area contributed by atoms with Gasteiger partial charge in [-0.3, -0.25) is 9.10 Å². The second-order valence-electron chi connectivity index (χ2n) is 6.95. The fourth-order valence-electron chi connectivity index (χ4n) is 3.34. The van der Waals surface area contributed by atoms with Gasteiger partial charge in [-0.2, -0.15) is 0 Å². The zero-order chi connectivity index (χ0) is 20.9. The minimum absolute atomic E-state index is 0.277.